The van der Waals surface area contributed by atoms with Crippen LogP contribution in [0.15, 0.2) is 54.6 Å². The molecule has 1 saturated heterocycles. The van der Waals surface area contributed by atoms with Gasteiger partial charge in [-0.1, -0.05) is 55.5 Å². The number of rotatable bonds is 8. The van der Waals surface area contributed by atoms with E-state index >= 15 is 0 Å². The van der Waals surface area contributed by atoms with Crippen LogP contribution in [-0.4, -0.2) is 57.7 Å². The van der Waals surface area contributed by atoms with Crippen molar-refractivity contribution >= 4 is 0 Å². The Morgan fingerprint density at radius 1 is 0.926 bits per heavy atom. The number of hydrogen-bond acceptors (Lipinski definition) is 5. The van der Waals surface area contributed by atoms with Gasteiger partial charge in [-0.15, -0.1) is 0 Å². The van der Waals surface area contributed by atoms with E-state index in [1.54, 1.807) is 0 Å². The third-order valence-corrected chi connectivity index (χ3v) is 5.25. The lowest BCUT2D eigenvalue weighted by atomic mass is 10.0. The topological polar surface area (TPSA) is 73.2 Å². The predicted molar refractivity (Wildman–Crippen MR) is 105 cm³/mol. The first kappa shape index (κ1) is 19.8. The lowest BCUT2D eigenvalue weighted by Gasteiger charge is -2.30. The fourth-order valence-corrected chi connectivity index (χ4v) is 3.82. The van der Waals surface area contributed by atoms with Crippen molar-refractivity contribution in [1.82, 2.24) is 4.90 Å². The van der Waals surface area contributed by atoms with Crippen molar-refractivity contribution in [2.75, 3.05) is 13.2 Å². The fourth-order valence-electron chi connectivity index (χ4n) is 3.82. The van der Waals surface area contributed by atoms with Crippen molar-refractivity contribution in [2.45, 2.75) is 50.6 Å². The Balaban J connectivity index is 1.85. The van der Waals surface area contributed by atoms with Crippen LogP contribution in [0.1, 0.15) is 24.5 Å². The molecule has 5 nitrogen and oxygen atoms in total. The number of likely N-dealkylation sites (tertiary alicyclic amines) is 1. The van der Waals surface area contributed by atoms with Crippen molar-refractivity contribution in [2.24, 2.45) is 0 Å². The molecular formula is C22H29NO4. The van der Waals surface area contributed by atoms with Crippen molar-refractivity contribution in [3.8, 4) is 5.75 Å². The summed E-state index contributed by atoms with van der Waals surface area (Å²) in [4.78, 5) is 2.01. The molecule has 0 radical (unpaired) electrons. The van der Waals surface area contributed by atoms with Crippen molar-refractivity contribution in [3.63, 3.8) is 0 Å². The first-order valence-corrected chi connectivity index (χ1v) is 9.63. The largest absolute Gasteiger partial charge is 0.493 e. The number of ether oxygens (including phenoxy) is 1. The van der Waals surface area contributed by atoms with E-state index in [9.17, 15) is 15.3 Å². The van der Waals surface area contributed by atoms with E-state index in [-0.39, 0.29) is 12.6 Å². The summed E-state index contributed by atoms with van der Waals surface area (Å²) in [7, 11) is 0. The molecule has 0 unspecified atom stereocenters. The zero-order valence-corrected chi connectivity index (χ0v) is 15.7. The molecule has 3 rings (SSSR count). The van der Waals surface area contributed by atoms with Gasteiger partial charge in [0, 0.05) is 18.2 Å². The van der Waals surface area contributed by atoms with E-state index in [0.29, 0.717) is 19.6 Å². The number of hydrogen-bond donors (Lipinski definition) is 3. The molecule has 1 aliphatic heterocycles. The fraction of sp³-hybridized carbons (Fsp3) is 0.455. The number of benzene rings is 2. The maximum atomic E-state index is 10.6. The highest BCUT2D eigenvalue weighted by atomic mass is 16.5. The maximum absolute atomic E-state index is 10.6. The minimum atomic E-state index is -0.979. The van der Waals surface area contributed by atoms with Crippen LogP contribution in [0.4, 0.5) is 0 Å². The summed E-state index contributed by atoms with van der Waals surface area (Å²) in [6.45, 7) is 2.99. The van der Waals surface area contributed by atoms with E-state index < -0.39 is 18.2 Å². The second-order valence-electron chi connectivity index (χ2n) is 7.12. The molecule has 1 fully saturated rings. The van der Waals surface area contributed by atoms with Gasteiger partial charge >= 0.3 is 0 Å². The highest BCUT2D eigenvalue weighted by Gasteiger charge is 2.47. The minimum absolute atomic E-state index is 0.207. The van der Waals surface area contributed by atoms with Gasteiger partial charge in [-0.3, -0.25) is 4.90 Å². The van der Waals surface area contributed by atoms with Gasteiger partial charge < -0.3 is 20.1 Å². The summed E-state index contributed by atoms with van der Waals surface area (Å²) >= 11 is 0. The summed E-state index contributed by atoms with van der Waals surface area (Å²) in [5.74, 6) is 0.811. The van der Waals surface area contributed by atoms with E-state index in [0.717, 1.165) is 23.3 Å². The van der Waals surface area contributed by atoms with Gasteiger partial charge in [0.2, 0.25) is 0 Å². The van der Waals surface area contributed by atoms with Crippen LogP contribution in [0.25, 0.3) is 0 Å². The van der Waals surface area contributed by atoms with Crippen molar-refractivity contribution in [1.29, 1.82) is 0 Å². The van der Waals surface area contributed by atoms with Crippen LogP contribution < -0.4 is 4.74 Å². The van der Waals surface area contributed by atoms with Gasteiger partial charge in [0.1, 0.15) is 5.75 Å². The molecule has 0 bridgehead atoms. The molecule has 0 spiro atoms. The number of nitrogens with zero attached hydrogens (tertiary/aromatic N) is 1. The smallest absolute Gasteiger partial charge is 0.123 e. The second kappa shape index (κ2) is 9.33. The molecule has 3 N–H and O–H groups in total. The molecule has 146 valence electrons. The minimum Gasteiger partial charge on any atom is -0.493 e. The molecule has 1 heterocycles. The quantitative estimate of drug-likeness (QED) is 0.662. The Kier molecular flexibility index (Phi) is 6.85. The standard InChI is InChI=1S/C22H29NO4/c1-2-12-27-20-11-7-6-10-17(20)14-23-18(13-16-8-4-3-5-9-16)21(25)22(26)19(23)15-24/h3-11,18-19,21-22,24-26H,2,12-15H2,1H3/t18-,19+,21-,22+/m0/s1. The highest BCUT2D eigenvalue weighted by molar-refractivity contribution is 5.34. The van der Waals surface area contributed by atoms with Crippen molar-refractivity contribution < 1.29 is 20.1 Å². The van der Waals surface area contributed by atoms with E-state index in [2.05, 4.69) is 6.92 Å². The van der Waals surface area contributed by atoms with Crippen LogP contribution >= 0.6 is 0 Å². The lowest BCUT2D eigenvalue weighted by Crippen LogP contribution is -2.41. The summed E-state index contributed by atoms with van der Waals surface area (Å²) in [5.41, 5.74) is 2.08. The molecule has 0 aliphatic carbocycles. The van der Waals surface area contributed by atoms with Gasteiger partial charge in [-0.2, -0.15) is 0 Å². The van der Waals surface area contributed by atoms with Crippen LogP contribution in [0.3, 0.4) is 0 Å². The van der Waals surface area contributed by atoms with Crippen LogP contribution in [0.5, 0.6) is 5.75 Å². The zero-order valence-electron chi connectivity index (χ0n) is 15.7. The summed E-state index contributed by atoms with van der Waals surface area (Å²) in [6.07, 6.45) is -0.364. The van der Waals surface area contributed by atoms with E-state index in [1.807, 2.05) is 59.5 Å². The molecule has 4 atom stereocenters. The van der Waals surface area contributed by atoms with Gasteiger partial charge in [-0.25, -0.2) is 0 Å². The monoisotopic (exact) mass is 371 g/mol. The second-order valence-corrected chi connectivity index (χ2v) is 7.12. The average molecular weight is 371 g/mol. The van der Waals surface area contributed by atoms with Gasteiger partial charge in [-0.05, 0) is 24.5 Å². The third kappa shape index (κ3) is 4.50. The molecule has 0 aromatic heterocycles. The highest BCUT2D eigenvalue weighted by Crippen LogP contribution is 2.31. The Hall–Kier alpha value is -1.92. The van der Waals surface area contributed by atoms with Gasteiger partial charge in [0.25, 0.3) is 0 Å². The number of para-hydroxylation sites is 1. The molecular weight excluding hydrogens is 342 g/mol. The van der Waals surface area contributed by atoms with Gasteiger partial charge in [0.05, 0.1) is 31.5 Å². The van der Waals surface area contributed by atoms with Gasteiger partial charge in [0.15, 0.2) is 0 Å². The molecule has 27 heavy (non-hydrogen) atoms. The third-order valence-electron chi connectivity index (χ3n) is 5.25. The maximum Gasteiger partial charge on any atom is 0.123 e. The van der Waals surface area contributed by atoms with E-state index in [4.69, 9.17) is 4.74 Å². The Morgan fingerprint density at radius 2 is 1.59 bits per heavy atom. The first-order valence-electron chi connectivity index (χ1n) is 9.63. The normalized spacial score (nSPS) is 25.6. The van der Waals surface area contributed by atoms with Crippen LogP contribution in [0, 0.1) is 0 Å². The first-order chi connectivity index (χ1) is 13.2. The predicted octanol–water partition coefficient (Wildman–Crippen LogP) is 1.98. The van der Waals surface area contributed by atoms with E-state index in [1.165, 1.54) is 0 Å². The summed E-state index contributed by atoms with van der Waals surface area (Å²) in [5, 5.41) is 31.0. The molecule has 2 aromatic carbocycles. The summed E-state index contributed by atoms with van der Waals surface area (Å²) in [6, 6.07) is 17.0. The molecule has 0 saturated carbocycles. The zero-order chi connectivity index (χ0) is 19.2. The van der Waals surface area contributed by atoms with Crippen LogP contribution in [0.2, 0.25) is 0 Å². The molecule has 0 amide bonds. The Morgan fingerprint density at radius 3 is 2.30 bits per heavy atom. The molecule has 5 heteroatoms. The lowest BCUT2D eigenvalue weighted by molar-refractivity contribution is 0.0178. The Labute approximate surface area is 160 Å². The van der Waals surface area contributed by atoms with Crippen LogP contribution in [-0.2, 0) is 13.0 Å². The summed E-state index contributed by atoms with van der Waals surface area (Å²) < 4.78 is 5.86. The Bertz CT molecular complexity index is 708. The number of aliphatic hydroxyl groups is 3. The number of aliphatic hydroxyl groups excluding tert-OH is 3. The molecule has 1 aliphatic rings. The SMILES string of the molecule is CCCOc1ccccc1CN1[C@H](CO)[C@@H](O)[C@@H](O)[C@@H]1Cc1ccccc1. The molecule has 2 aromatic rings. The van der Waals surface area contributed by atoms with Crippen molar-refractivity contribution in [3.05, 3.63) is 65.7 Å². The average Bonchev–Trinajstić information content (AvgIpc) is 2.92.